The van der Waals surface area contributed by atoms with Crippen LogP contribution in [0.3, 0.4) is 0 Å². The molecule has 0 aliphatic rings. The van der Waals surface area contributed by atoms with Gasteiger partial charge >= 0.3 is 0 Å². The summed E-state index contributed by atoms with van der Waals surface area (Å²) in [7, 11) is 0. The summed E-state index contributed by atoms with van der Waals surface area (Å²) in [6.45, 7) is 4.94. The number of nitrogens with one attached hydrogen (secondary N) is 1. The molecule has 0 spiro atoms. The fourth-order valence-electron chi connectivity index (χ4n) is 1.24. The van der Waals surface area contributed by atoms with Gasteiger partial charge in [0, 0.05) is 0 Å². The zero-order chi connectivity index (χ0) is 10.9. The van der Waals surface area contributed by atoms with Crippen molar-refractivity contribution in [3.8, 4) is 5.75 Å². The summed E-state index contributed by atoms with van der Waals surface area (Å²) in [5.74, 6) is 0.773. The summed E-state index contributed by atoms with van der Waals surface area (Å²) in [6.07, 6.45) is 2.18. The van der Waals surface area contributed by atoms with Gasteiger partial charge in [-0.2, -0.15) is 0 Å². The molecule has 3 heteroatoms. The van der Waals surface area contributed by atoms with Gasteiger partial charge in [-0.1, -0.05) is 30.7 Å². The molecule has 1 aromatic rings. The van der Waals surface area contributed by atoms with Crippen LogP contribution in [0.25, 0.3) is 0 Å². The van der Waals surface area contributed by atoms with Crippen molar-refractivity contribution in [2.24, 2.45) is 0 Å². The molecule has 2 nitrogen and oxygen atoms in total. The van der Waals surface area contributed by atoms with Gasteiger partial charge in [-0.05, 0) is 38.1 Å². The minimum absolute atomic E-state index is 0.680. The van der Waals surface area contributed by atoms with Gasteiger partial charge in [-0.15, -0.1) is 0 Å². The van der Waals surface area contributed by atoms with Gasteiger partial charge in [0.25, 0.3) is 0 Å². The fourth-order valence-corrected chi connectivity index (χ4v) is 1.43. The molecule has 0 saturated heterocycles. The first-order valence-electron chi connectivity index (χ1n) is 5.42. The van der Waals surface area contributed by atoms with E-state index >= 15 is 0 Å². The minimum atomic E-state index is 0.680. The maximum absolute atomic E-state index is 5.95. The Balaban J connectivity index is 2.12. The fraction of sp³-hybridized carbons (Fsp3) is 0.500. The quantitative estimate of drug-likeness (QED) is 0.723. The van der Waals surface area contributed by atoms with E-state index in [0.717, 1.165) is 25.3 Å². The van der Waals surface area contributed by atoms with Gasteiger partial charge in [-0.25, -0.2) is 0 Å². The summed E-state index contributed by atoms with van der Waals surface area (Å²) in [4.78, 5) is 0. The first-order chi connectivity index (χ1) is 7.34. The monoisotopic (exact) mass is 227 g/mol. The highest BCUT2D eigenvalue weighted by Gasteiger charge is 1.98. The lowest BCUT2D eigenvalue weighted by atomic mass is 10.3. The van der Waals surface area contributed by atoms with Crippen LogP contribution in [0.5, 0.6) is 5.75 Å². The Morgan fingerprint density at radius 1 is 1.27 bits per heavy atom. The van der Waals surface area contributed by atoms with Gasteiger partial charge in [0.2, 0.25) is 0 Å². The zero-order valence-corrected chi connectivity index (χ0v) is 9.89. The van der Waals surface area contributed by atoms with E-state index in [9.17, 15) is 0 Å². The van der Waals surface area contributed by atoms with E-state index in [1.165, 1.54) is 6.42 Å². The van der Waals surface area contributed by atoms with Crippen LogP contribution in [0.4, 0.5) is 0 Å². The second-order valence-corrected chi connectivity index (χ2v) is 3.79. The lowest BCUT2D eigenvalue weighted by Gasteiger charge is -2.07. The molecule has 84 valence electrons. The maximum atomic E-state index is 5.95. The number of halogens is 1. The highest BCUT2D eigenvalue weighted by molar-refractivity contribution is 6.32. The summed E-state index contributed by atoms with van der Waals surface area (Å²) in [6, 6.07) is 7.56. The number of ether oxygens (including phenoxy) is 1. The first kappa shape index (κ1) is 12.3. The Hall–Kier alpha value is -0.730. The van der Waals surface area contributed by atoms with Crippen molar-refractivity contribution >= 4 is 11.6 Å². The van der Waals surface area contributed by atoms with Gasteiger partial charge in [0.05, 0.1) is 11.6 Å². The Labute approximate surface area is 96.6 Å². The summed E-state index contributed by atoms with van der Waals surface area (Å²) < 4.78 is 5.55. The molecule has 0 aliphatic heterocycles. The van der Waals surface area contributed by atoms with Gasteiger partial charge in [0.15, 0.2) is 0 Å². The van der Waals surface area contributed by atoms with E-state index in [1.54, 1.807) is 0 Å². The van der Waals surface area contributed by atoms with Crippen LogP contribution < -0.4 is 10.1 Å². The van der Waals surface area contributed by atoms with Gasteiger partial charge in [0.1, 0.15) is 5.75 Å². The van der Waals surface area contributed by atoms with E-state index in [2.05, 4.69) is 12.2 Å². The van der Waals surface area contributed by atoms with Crippen molar-refractivity contribution in [2.45, 2.75) is 19.8 Å². The molecule has 0 atom stereocenters. The third-order valence-corrected chi connectivity index (χ3v) is 2.33. The number of para-hydroxylation sites is 1. The molecule has 0 bridgehead atoms. The predicted molar refractivity (Wildman–Crippen MR) is 64.7 cm³/mol. The standard InChI is InChI=1S/C12H18ClNO/c1-2-8-14-9-5-10-15-12-7-4-3-6-11(12)13/h3-4,6-7,14H,2,5,8-10H2,1H3. The lowest BCUT2D eigenvalue weighted by molar-refractivity contribution is 0.308. The molecule has 15 heavy (non-hydrogen) atoms. The molecule has 0 radical (unpaired) electrons. The summed E-state index contributed by atoms with van der Waals surface area (Å²) in [5, 5.41) is 4.00. The third-order valence-electron chi connectivity index (χ3n) is 2.02. The molecule has 1 N–H and O–H groups in total. The molecule has 0 amide bonds. The second-order valence-electron chi connectivity index (χ2n) is 3.38. The molecule has 1 rings (SSSR count). The lowest BCUT2D eigenvalue weighted by Crippen LogP contribution is -2.18. The molecular weight excluding hydrogens is 210 g/mol. The van der Waals surface area contributed by atoms with E-state index in [-0.39, 0.29) is 0 Å². The van der Waals surface area contributed by atoms with Crippen molar-refractivity contribution in [1.82, 2.24) is 5.32 Å². The van der Waals surface area contributed by atoms with Crippen molar-refractivity contribution in [3.05, 3.63) is 29.3 Å². The average Bonchev–Trinajstić information content (AvgIpc) is 2.25. The number of hydrogen-bond donors (Lipinski definition) is 1. The molecule has 0 unspecified atom stereocenters. The molecule has 0 aliphatic carbocycles. The highest BCUT2D eigenvalue weighted by Crippen LogP contribution is 2.22. The van der Waals surface area contributed by atoms with Crippen LogP contribution in [0.1, 0.15) is 19.8 Å². The Kier molecular flexibility index (Phi) is 6.21. The normalized spacial score (nSPS) is 10.3. The molecule has 0 saturated carbocycles. The van der Waals surface area contributed by atoms with Crippen molar-refractivity contribution < 1.29 is 4.74 Å². The molecule has 0 aromatic heterocycles. The van der Waals surface area contributed by atoms with E-state index in [0.29, 0.717) is 11.6 Å². The second kappa shape index (κ2) is 7.55. The number of rotatable bonds is 7. The maximum Gasteiger partial charge on any atom is 0.137 e. The summed E-state index contributed by atoms with van der Waals surface area (Å²) in [5.41, 5.74) is 0. The van der Waals surface area contributed by atoms with E-state index in [1.807, 2.05) is 24.3 Å². The van der Waals surface area contributed by atoms with Crippen LogP contribution >= 0.6 is 11.6 Å². The Morgan fingerprint density at radius 3 is 2.80 bits per heavy atom. The van der Waals surface area contributed by atoms with Crippen molar-refractivity contribution in [2.75, 3.05) is 19.7 Å². The Bertz CT molecular complexity index is 278. The van der Waals surface area contributed by atoms with Gasteiger partial charge < -0.3 is 10.1 Å². The molecule has 0 heterocycles. The highest BCUT2D eigenvalue weighted by atomic mass is 35.5. The van der Waals surface area contributed by atoms with Crippen LogP contribution in [0.15, 0.2) is 24.3 Å². The van der Waals surface area contributed by atoms with Crippen LogP contribution in [0.2, 0.25) is 5.02 Å². The van der Waals surface area contributed by atoms with Crippen molar-refractivity contribution in [3.63, 3.8) is 0 Å². The molecule has 0 fully saturated rings. The first-order valence-corrected chi connectivity index (χ1v) is 5.80. The van der Waals surface area contributed by atoms with Gasteiger partial charge in [-0.3, -0.25) is 0 Å². The summed E-state index contributed by atoms with van der Waals surface area (Å²) >= 11 is 5.95. The van der Waals surface area contributed by atoms with E-state index < -0.39 is 0 Å². The van der Waals surface area contributed by atoms with Crippen LogP contribution in [-0.4, -0.2) is 19.7 Å². The minimum Gasteiger partial charge on any atom is -0.492 e. The largest absolute Gasteiger partial charge is 0.492 e. The molecule has 1 aromatic carbocycles. The predicted octanol–water partition coefficient (Wildman–Crippen LogP) is 3.11. The average molecular weight is 228 g/mol. The Morgan fingerprint density at radius 2 is 2.07 bits per heavy atom. The van der Waals surface area contributed by atoms with Crippen LogP contribution in [-0.2, 0) is 0 Å². The smallest absolute Gasteiger partial charge is 0.137 e. The van der Waals surface area contributed by atoms with Crippen LogP contribution in [0, 0.1) is 0 Å². The number of benzene rings is 1. The van der Waals surface area contributed by atoms with Crippen molar-refractivity contribution in [1.29, 1.82) is 0 Å². The SMILES string of the molecule is CCCNCCCOc1ccccc1Cl. The topological polar surface area (TPSA) is 21.3 Å². The van der Waals surface area contributed by atoms with E-state index in [4.69, 9.17) is 16.3 Å². The number of hydrogen-bond acceptors (Lipinski definition) is 2. The zero-order valence-electron chi connectivity index (χ0n) is 9.13. The molecular formula is C12H18ClNO. The third kappa shape index (κ3) is 5.05.